The molecule has 0 spiro atoms. The minimum Gasteiger partial charge on any atom is -0.458 e. The first-order valence-electron chi connectivity index (χ1n) is 16.0. The van der Waals surface area contributed by atoms with Crippen LogP contribution >= 0.6 is 11.3 Å². The Balaban J connectivity index is 1.44. The molecule has 3 N–H and O–H groups in total. The Morgan fingerprint density at radius 2 is 1.60 bits per heavy atom. The summed E-state index contributed by atoms with van der Waals surface area (Å²) in [5, 5.41) is 16.1. The summed E-state index contributed by atoms with van der Waals surface area (Å²) in [7, 11) is 0. The van der Waals surface area contributed by atoms with Crippen LogP contribution in [0.3, 0.4) is 0 Å². The predicted octanol–water partition coefficient (Wildman–Crippen LogP) is 2.62. The average molecular weight is 691 g/mol. The zero-order valence-corrected chi connectivity index (χ0v) is 29.8. The van der Waals surface area contributed by atoms with Crippen molar-refractivity contribution in [1.82, 2.24) is 20.5 Å². The lowest BCUT2D eigenvalue weighted by Crippen LogP contribution is -2.58. The summed E-state index contributed by atoms with van der Waals surface area (Å²) in [6, 6.07) is 5.99. The number of nitrogens with zero attached hydrogens (tertiary/aromatic N) is 2. The lowest BCUT2D eigenvalue weighted by Gasteiger charge is -2.35. The van der Waals surface area contributed by atoms with Gasteiger partial charge in [-0.2, -0.15) is 0 Å². The fraction of sp³-hybridized carbons (Fsp3) is 0.618. The van der Waals surface area contributed by atoms with Crippen LogP contribution in [0, 0.1) is 12.3 Å². The molecule has 2 heterocycles. The number of aliphatic hydroxyl groups excluding tert-OH is 1. The summed E-state index contributed by atoms with van der Waals surface area (Å²) in [5.74, 6) is -1.78. The Morgan fingerprint density at radius 3 is 2.19 bits per heavy atom. The van der Waals surface area contributed by atoms with Crippen LogP contribution in [-0.4, -0.2) is 109 Å². The largest absolute Gasteiger partial charge is 0.458 e. The summed E-state index contributed by atoms with van der Waals surface area (Å²) in [4.78, 5) is 58.2. The van der Waals surface area contributed by atoms with E-state index in [2.05, 4.69) is 15.6 Å². The Bertz CT molecular complexity index is 1370. The number of nitrogens with one attached hydrogen (secondary N) is 2. The third-order valence-electron chi connectivity index (χ3n) is 7.33. The van der Waals surface area contributed by atoms with Crippen molar-refractivity contribution in [3.8, 4) is 10.4 Å². The lowest BCUT2D eigenvalue weighted by atomic mass is 9.85. The van der Waals surface area contributed by atoms with E-state index in [-0.39, 0.29) is 65.1 Å². The number of aryl methyl sites for hydroxylation is 1. The van der Waals surface area contributed by atoms with E-state index in [9.17, 15) is 24.3 Å². The molecule has 14 heteroatoms. The first-order chi connectivity index (χ1) is 22.5. The SMILES string of the molecule is Cc1ncsc1-c1ccc(CNC(=O)C2CC(O)CN2C(=O)C(NC(=O)COCCOCCOCC(=O)OC(C)(C)C)C(C)(C)C)cc1. The van der Waals surface area contributed by atoms with Gasteiger partial charge in [-0.15, -0.1) is 11.3 Å². The Labute approximate surface area is 286 Å². The van der Waals surface area contributed by atoms with Crippen LogP contribution < -0.4 is 10.6 Å². The number of ether oxygens (including phenoxy) is 4. The molecule has 1 aliphatic rings. The van der Waals surface area contributed by atoms with Gasteiger partial charge in [-0.1, -0.05) is 45.0 Å². The highest BCUT2D eigenvalue weighted by molar-refractivity contribution is 7.13. The molecule has 13 nitrogen and oxygen atoms in total. The molecule has 1 fully saturated rings. The molecule has 2 aromatic rings. The Hall–Kier alpha value is -3.43. The standard InChI is InChI=1S/C34H50N4O9S/c1-22-29(48-21-36-22)24-10-8-23(9-11-24)17-35-31(42)26-16-25(39)18-38(26)32(43)30(33(2,3)4)37-27(40)19-45-14-12-44-13-15-46-20-28(41)47-34(5,6)7/h8-11,21,25-26,30,39H,12-20H2,1-7H3,(H,35,42)(H,37,40). The number of benzene rings is 1. The number of likely N-dealkylation sites (tertiary alicyclic amines) is 1. The van der Waals surface area contributed by atoms with E-state index in [1.807, 2.05) is 52.0 Å². The van der Waals surface area contributed by atoms with Gasteiger partial charge in [0, 0.05) is 19.5 Å². The maximum Gasteiger partial charge on any atom is 0.332 e. The maximum absolute atomic E-state index is 13.8. The third kappa shape index (κ3) is 12.5. The number of esters is 1. The van der Waals surface area contributed by atoms with Gasteiger partial charge in [0.2, 0.25) is 17.7 Å². The maximum atomic E-state index is 13.8. The second-order valence-electron chi connectivity index (χ2n) is 13.7. The molecule has 1 aromatic carbocycles. The van der Waals surface area contributed by atoms with E-state index in [0.29, 0.717) is 0 Å². The molecule has 1 aliphatic heterocycles. The number of carbonyl (C=O) groups is 4. The van der Waals surface area contributed by atoms with Crippen molar-refractivity contribution in [3.63, 3.8) is 0 Å². The number of carbonyl (C=O) groups excluding carboxylic acids is 4. The highest BCUT2D eigenvalue weighted by Crippen LogP contribution is 2.28. The van der Waals surface area contributed by atoms with Gasteiger partial charge in [-0.25, -0.2) is 9.78 Å². The molecular weight excluding hydrogens is 640 g/mol. The van der Waals surface area contributed by atoms with Crippen LogP contribution in [0.4, 0.5) is 0 Å². The highest BCUT2D eigenvalue weighted by atomic mass is 32.1. The highest BCUT2D eigenvalue weighted by Gasteiger charge is 2.44. The number of hydrogen-bond donors (Lipinski definition) is 3. The van der Waals surface area contributed by atoms with Gasteiger partial charge >= 0.3 is 5.97 Å². The summed E-state index contributed by atoms with van der Waals surface area (Å²) in [5.41, 5.74) is 3.44. The Kier molecular flexibility index (Phi) is 14.5. The van der Waals surface area contributed by atoms with Crippen molar-refractivity contribution in [3.05, 3.63) is 41.0 Å². The molecule has 3 unspecified atom stereocenters. The summed E-state index contributed by atoms with van der Waals surface area (Å²) >= 11 is 1.57. The number of hydrogen-bond acceptors (Lipinski definition) is 11. The topological polar surface area (TPSA) is 166 Å². The number of thiazole rings is 1. The normalized spacial score (nSPS) is 17.2. The molecule has 1 aromatic heterocycles. The zero-order chi connectivity index (χ0) is 35.5. The van der Waals surface area contributed by atoms with Crippen molar-refractivity contribution >= 4 is 35.0 Å². The van der Waals surface area contributed by atoms with Gasteiger partial charge in [0.25, 0.3) is 0 Å². The summed E-state index contributed by atoms with van der Waals surface area (Å²) in [6.45, 7) is 13.3. The lowest BCUT2D eigenvalue weighted by molar-refractivity contribution is -0.160. The van der Waals surface area contributed by atoms with Crippen molar-refractivity contribution in [2.45, 2.75) is 85.2 Å². The van der Waals surface area contributed by atoms with Gasteiger partial charge < -0.3 is 39.6 Å². The minimum absolute atomic E-state index is 0.0163. The second kappa shape index (κ2) is 17.8. The number of aromatic nitrogens is 1. The molecule has 48 heavy (non-hydrogen) atoms. The van der Waals surface area contributed by atoms with E-state index in [1.54, 1.807) is 37.6 Å². The second-order valence-corrected chi connectivity index (χ2v) is 14.6. The molecule has 1 saturated heterocycles. The smallest absolute Gasteiger partial charge is 0.332 e. The first kappa shape index (κ1) is 39.0. The van der Waals surface area contributed by atoms with Gasteiger partial charge in [0.05, 0.1) is 48.6 Å². The average Bonchev–Trinajstić information content (AvgIpc) is 3.61. The van der Waals surface area contributed by atoms with Crippen LogP contribution in [0.15, 0.2) is 29.8 Å². The third-order valence-corrected chi connectivity index (χ3v) is 8.31. The van der Waals surface area contributed by atoms with Crippen LogP contribution in [-0.2, 0) is 44.7 Å². The molecule has 3 atom stereocenters. The van der Waals surface area contributed by atoms with Crippen molar-refractivity contribution < 1.29 is 43.2 Å². The predicted molar refractivity (Wildman–Crippen MR) is 180 cm³/mol. The van der Waals surface area contributed by atoms with Crippen molar-refractivity contribution in [2.75, 3.05) is 46.2 Å². The van der Waals surface area contributed by atoms with Crippen LogP contribution in [0.2, 0.25) is 0 Å². The molecule has 0 aliphatic carbocycles. The number of aliphatic hydroxyl groups is 1. The van der Waals surface area contributed by atoms with E-state index in [4.69, 9.17) is 18.9 Å². The van der Waals surface area contributed by atoms with Crippen LogP contribution in [0.25, 0.3) is 10.4 Å². The number of amides is 3. The van der Waals surface area contributed by atoms with Crippen molar-refractivity contribution in [2.24, 2.45) is 5.41 Å². The first-order valence-corrected chi connectivity index (χ1v) is 16.9. The van der Waals surface area contributed by atoms with Crippen molar-refractivity contribution in [1.29, 1.82) is 0 Å². The number of rotatable bonds is 16. The molecule has 0 radical (unpaired) electrons. The minimum atomic E-state index is -0.963. The van der Waals surface area contributed by atoms with Gasteiger partial charge in [0.15, 0.2) is 0 Å². The molecule has 0 saturated carbocycles. The monoisotopic (exact) mass is 690 g/mol. The molecule has 0 bridgehead atoms. The molecule has 266 valence electrons. The summed E-state index contributed by atoms with van der Waals surface area (Å²) in [6.07, 6.45) is -0.768. The quantitative estimate of drug-likeness (QED) is 0.176. The summed E-state index contributed by atoms with van der Waals surface area (Å²) < 4.78 is 21.2. The van der Waals surface area contributed by atoms with E-state index in [0.717, 1.165) is 21.7 Å². The fourth-order valence-corrected chi connectivity index (χ4v) is 5.82. The number of β-amino-alcohol motifs (C(OH)–C–C–N with tert-alkyl or cyclic N) is 1. The molecular formula is C34H50N4O9S. The van der Waals surface area contributed by atoms with E-state index in [1.165, 1.54) is 4.90 Å². The van der Waals surface area contributed by atoms with E-state index < -0.39 is 47.0 Å². The van der Waals surface area contributed by atoms with E-state index >= 15 is 0 Å². The van der Waals surface area contributed by atoms with Crippen LogP contribution in [0.1, 0.15) is 59.2 Å². The Morgan fingerprint density at radius 1 is 0.979 bits per heavy atom. The van der Waals surface area contributed by atoms with Gasteiger partial charge in [0.1, 0.15) is 30.9 Å². The zero-order valence-electron chi connectivity index (χ0n) is 29.0. The van der Waals surface area contributed by atoms with Gasteiger partial charge in [-0.05, 0) is 44.2 Å². The van der Waals surface area contributed by atoms with Gasteiger partial charge in [-0.3, -0.25) is 14.4 Å². The molecule has 3 amide bonds. The molecule has 3 rings (SSSR count). The fourth-order valence-electron chi connectivity index (χ4n) is 5.01. The van der Waals surface area contributed by atoms with Crippen LogP contribution in [0.5, 0.6) is 0 Å².